The van der Waals surface area contributed by atoms with E-state index in [-0.39, 0.29) is 11.9 Å². The summed E-state index contributed by atoms with van der Waals surface area (Å²) in [7, 11) is 0. The molecule has 0 saturated carbocycles. The first kappa shape index (κ1) is 21.7. The van der Waals surface area contributed by atoms with Crippen LogP contribution in [0.15, 0.2) is 78.4 Å². The molecule has 1 aliphatic heterocycles. The molecule has 0 saturated heterocycles. The number of nitrogens with one attached hydrogen (secondary N) is 1. The Labute approximate surface area is 196 Å². The van der Waals surface area contributed by atoms with Gasteiger partial charge in [0.25, 0.3) is 0 Å². The molecule has 4 heteroatoms. The summed E-state index contributed by atoms with van der Waals surface area (Å²) in [5.41, 5.74) is 3.70. The van der Waals surface area contributed by atoms with Crippen LogP contribution in [0.3, 0.4) is 0 Å². The number of nitrogens with zero attached hydrogens (tertiary/aromatic N) is 1. The maximum Gasteiger partial charge on any atom is 0.246 e. The third kappa shape index (κ3) is 4.96. The quantitative estimate of drug-likeness (QED) is 0.475. The van der Waals surface area contributed by atoms with E-state index >= 15 is 0 Å². The van der Waals surface area contributed by atoms with Crippen LogP contribution in [0.1, 0.15) is 42.9 Å². The Morgan fingerprint density at radius 3 is 2.76 bits per heavy atom. The van der Waals surface area contributed by atoms with Gasteiger partial charge in [0.15, 0.2) is 0 Å². The van der Waals surface area contributed by atoms with E-state index in [2.05, 4.69) is 83.0 Å². The average molecular weight is 441 g/mol. The fourth-order valence-electron chi connectivity index (χ4n) is 5.16. The summed E-state index contributed by atoms with van der Waals surface area (Å²) in [6, 6.07) is 23.5. The van der Waals surface area contributed by atoms with Crippen LogP contribution in [-0.2, 0) is 11.2 Å². The minimum absolute atomic E-state index is 0.106. The molecule has 170 valence electrons. The van der Waals surface area contributed by atoms with Gasteiger partial charge in [0.05, 0.1) is 12.6 Å². The van der Waals surface area contributed by atoms with Crippen molar-refractivity contribution in [3.63, 3.8) is 0 Å². The Morgan fingerprint density at radius 2 is 1.85 bits per heavy atom. The second-order valence-electron chi connectivity index (χ2n) is 9.01. The second kappa shape index (κ2) is 10.2. The van der Waals surface area contributed by atoms with E-state index in [1.54, 1.807) is 0 Å². The van der Waals surface area contributed by atoms with Crippen LogP contribution in [0, 0.1) is 0 Å². The number of fused-ring (bicyclic) bond motifs is 2. The molecular formula is C29H32N2O2. The van der Waals surface area contributed by atoms with Gasteiger partial charge in [0.1, 0.15) is 5.75 Å². The van der Waals surface area contributed by atoms with E-state index in [1.807, 2.05) is 0 Å². The van der Waals surface area contributed by atoms with Gasteiger partial charge in [-0.2, -0.15) is 0 Å². The fraction of sp³-hybridized carbons (Fsp3) is 0.345. The predicted octanol–water partition coefficient (Wildman–Crippen LogP) is 5.43. The van der Waals surface area contributed by atoms with Gasteiger partial charge in [-0.3, -0.25) is 9.69 Å². The molecule has 3 aromatic carbocycles. The summed E-state index contributed by atoms with van der Waals surface area (Å²) in [5.74, 6) is 1.06. The van der Waals surface area contributed by atoms with Crippen LogP contribution in [0.5, 0.6) is 5.75 Å². The van der Waals surface area contributed by atoms with Gasteiger partial charge in [0.2, 0.25) is 5.91 Å². The smallest absolute Gasteiger partial charge is 0.246 e. The second-order valence-corrected chi connectivity index (χ2v) is 9.01. The highest BCUT2D eigenvalue weighted by Crippen LogP contribution is 2.30. The summed E-state index contributed by atoms with van der Waals surface area (Å²) < 4.78 is 6.18. The third-order valence-corrected chi connectivity index (χ3v) is 6.91. The standard InChI is InChI=1S/C29H32N2O2/c32-29(24-11-1-2-12-24)30-21-27-25-14-5-3-10-23(25)17-19-31(27)18-8-20-33-28-16-7-13-22-9-4-6-15-26(22)28/h3-7,9-11,13-16,27H,1-2,8,12,17-21H2,(H,30,32). The van der Waals surface area contributed by atoms with Crippen molar-refractivity contribution in [2.24, 2.45) is 0 Å². The zero-order valence-electron chi connectivity index (χ0n) is 19.1. The Morgan fingerprint density at radius 1 is 1.00 bits per heavy atom. The maximum absolute atomic E-state index is 12.6. The number of amides is 1. The summed E-state index contributed by atoms with van der Waals surface area (Å²) in [6.07, 6.45) is 7.11. The summed E-state index contributed by atoms with van der Waals surface area (Å²) in [5, 5.41) is 5.59. The first-order valence-corrected chi connectivity index (χ1v) is 12.2. The van der Waals surface area contributed by atoms with E-state index in [1.165, 1.54) is 16.5 Å². The lowest BCUT2D eigenvalue weighted by Gasteiger charge is -2.37. The molecule has 1 aliphatic carbocycles. The number of hydrogen-bond acceptors (Lipinski definition) is 3. The summed E-state index contributed by atoms with van der Waals surface area (Å²) in [6.45, 7) is 3.28. The summed E-state index contributed by atoms with van der Waals surface area (Å²) in [4.78, 5) is 15.1. The minimum Gasteiger partial charge on any atom is -0.493 e. The molecule has 0 spiro atoms. The lowest BCUT2D eigenvalue weighted by molar-refractivity contribution is -0.117. The first-order chi connectivity index (χ1) is 16.3. The van der Waals surface area contributed by atoms with Crippen LogP contribution in [0.4, 0.5) is 0 Å². The molecule has 2 aliphatic rings. The first-order valence-electron chi connectivity index (χ1n) is 12.2. The number of benzene rings is 3. The molecule has 4 nitrogen and oxygen atoms in total. The summed E-state index contributed by atoms with van der Waals surface area (Å²) >= 11 is 0. The Kier molecular flexibility index (Phi) is 6.73. The number of carbonyl (C=O) groups is 1. The number of ether oxygens (including phenoxy) is 1. The highest BCUT2D eigenvalue weighted by molar-refractivity contribution is 5.93. The topological polar surface area (TPSA) is 41.6 Å². The van der Waals surface area contributed by atoms with Crippen molar-refractivity contribution in [2.45, 2.75) is 38.1 Å². The van der Waals surface area contributed by atoms with E-state index < -0.39 is 0 Å². The van der Waals surface area contributed by atoms with Gasteiger partial charge in [-0.25, -0.2) is 0 Å². The van der Waals surface area contributed by atoms with Crippen LogP contribution < -0.4 is 10.1 Å². The Balaban J connectivity index is 1.21. The van der Waals surface area contributed by atoms with Crippen molar-refractivity contribution >= 4 is 16.7 Å². The van der Waals surface area contributed by atoms with Crippen molar-refractivity contribution < 1.29 is 9.53 Å². The molecule has 5 rings (SSSR count). The molecule has 1 atom stereocenters. The van der Waals surface area contributed by atoms with Gasteiger partial charge in [-0.1, -0.05) is 66.7 Å². The van der Waals surface area contributed by atoms with E-state index in [0.29, 0.717) is 13.2 Å². The van der Waals surface area contributed by atoms with Gasteiger partial charge >= 0.3 is 0 Å². The van der Waals surface area contributed by atoms with Crippen LogP contribution in [0.25, 0.3) is 10.8 Å². The molecule has 1 unspecified atom stereocenters. The highest BCUT2D eigenvalue weighted by atomic mass is 16.5. The molecule has 0 radical (unpaired) electrons. The molecule has 0 bridgehead atoms. The van der Waals surface area contributed by atoms with E-state index in [9.17, 15) is 4.79 Å². The number of rotatable bonds is 8. The molecular weight excluding hydrogens is 408 g/mol. The average Bonchev–Trinajstić information content (AvgIpc) is 3.41. The molecule has 0 fully saturated rings. The largest absolute Gasteiger partial charge is 0.493 e. The number of carbonyl (C=O) groups excluding carboxylic acids is 1. The lowest BCUT2D eigenvalue weighted by Crippen LogP contribution is -2.43. The van der Waals surface area contributed by atoms with Gasteiger partial charge < -0.3 is 10.1 Å². The van der Waals surface area contributed by atoms with Crippen molar-refractivity contribution in [2.75, 3.05) is 26.2 Å². The van der Waals surface area contributed by atoms with Gasteiger partial charge in [-0.05, 0) is 54.7 Å². The van der Waals surface area contributed by atoms with Crippen molar-refractivity contribution in [1.82, 2.24) is 10.2 Å². The van der Waals surface area contributed by atoms with Crippen LogP contribution in [0.2, 0.25) is 0 Å². The van der Waals surface area contributed by atoms with Crippen molar-refractivity contribution in [3.8, 4) is 5.75 Å². The molecule has 1 N–H and O–H groups in total. The lowest BCUT2D eigenvalue weighted by atomic mass is 9.92. The third-order valence-electron chi connectivity index (χ3n) is 6.91. The zero-order chi connectivity index (χ0) is 22.5. The van der Waals surface area contributed by atoms with E-state index in [0.717, 1.165) is 61.9 Å². The Hall–Kier alpha value is -3.11. The number of allylic oxidation sites excluding steroid dienone is 1. The van der Waals surface area contributed by atoms with Crippen LogP contribution in [-0.4, -0.2) is 37.0 Å². The maximum atomic E-state index is 12.6. The predicted molar refractivity (Wildman–Crippen MR) is 133 cm³/mol. The van der Waals surface area contributed by atoms with Crippen LogP contribution >= 0.6 is 0 Å². The molecule has 3 aromatic rings. The fourth-order valence-corrected chi connectivity index (χ4v) is 5.16. The van der Waals surface area contributed by atoms with Crippen molar-refractivity contribution in [1.29, 1.82) is 0 Å². The minimum atomic E-state index is 0.106. The zero-order valence-corrected chi connectivity index (χ0v) is 19.1. The molecule has 33 heavy (non-hydrogen) atoms. The monoisotopic (exact) mass is 440 g/mol. The van der Waals surface area contributed by atoms with E-state index in [4.69, 9.17) is 4.74 Å². The highest BCUT2D eigenvalue weighted by Gasteiger charge is 2.27. The molecule has 1 heterocycles. The normalized spacial score (nSPS) is 18.1. The Bertz CT molecular complexity index is 1150. The SMILES string of the molecule is O=C(NCC1c2ccccc2CCN1CCCOc1cccc2ccccc12)C1=CCCC1. The van der Waals surface area contributed by atoms with Crippen molar-refractivity contribution in [3.05, 3.63) is 89.5 Å². The van der Waals surface area contributed by atoms with Gasteiger partial charge in [-0.15, -0.1) is 0 Å². The van der Waals surface area contributed by atoms with Gasteiger partial charge in [0, 0.05) is 30.6 Å². The molecule has 1 amide bonds. The number of hydrogen-bond donors (Lipinski definition) is 1. The molecule has 0 aromatic heterocycles.